The monoisotopic (exact) mass is 442 g/mol. The Kier molecular flexibility index (Phi) is 9.59. The van der Waals surface area contributed by atoms with Crippen LogP contribution in [0.1, 0.15) is 52.5 Å². The fourth-order valence-corrected chi connectivity index (χ4v) is 3.40. The molecular weight excluding hydrogens is 408 g/mol. The van der Waals surface area contributed by atoms with Crippen LogP contribution in [-0.4, -0.2) is 49.1 Å². The number of anilines is 1. The summed E-state index contributed by atoms with van der Waals surface area (Å²) >= 11 is 0. The molecule has 1 fully saturated rings. The SMILES string of the molecule is C/C=C(\N/N=C/C=O)C(=O)N(c1cccc(CC)c1)C1(C(=O)NCCCOC(C)C)CC1. The van der Waals surface area contributed by atoms with Crippen LogP contribution in [0.3, 0.4) is 0 Å². The third-order valence-corrected chi connectivity index (χ3v) is 5.25. The standard InChI is InChI=1S/C24H34N4O4/c1-5-19-9-7-10-20(17-19)28(22(30)21(6-2)27-26-14-15-29)24(11-12-24)23(31)25-13-8-16-32-18(3)4/h6-7,9-10,14-15,17-18,27H,5,8,11-13,16H2,1-4H3,(H,25,31)/b21-6-,26-14+. The highest BCUT2D eigenvalue weighted by molar-refractivity contribution is 6.14. The molecule has 0 bridgehead atoms. The van der Waals surface area contributed by atoms with Gasteiger partial charge in [-0.1, -0.05) is 25.1 Å². The van der Waals surface area contributed by atoms with E-state index in [0.717, 1.165) is 18.2 Å². The Balaban J connectivity index is 2.27. The number of carbonyl (C=O) groups is 3. The number of aryl methyl sites for hydroxylation is 1. The van der Waals surface area contributed by atoms with E-state index in [9.17, 15) is 14.4 Å². The number of nitrogens with zero attached hydrogens (tertiary/aromatic N) is 2. The van der Waals surface area contributed by atoms with E-state index in [0.29, 0.717) is 44.4 Å². The van der Waals surface area contributed by atoms with Crippen molar-refractivity contribution in [2.75, 3.05) is 18.1 Å². The third kappa shape index (κ3) is 6.50. The molecule has 0 aromatic heterocycles. The molecule has 1 aromatic carbocycles. The van der Waals surface area contributed by atoms with E-state index in [1.807, 2.05) is 45.0 Å². The van der Waals surface area contributed by atoms with E-state index in [1.54, 1.807) is 17.9 Å². The van der Waals surface area contributed by atoms with Gasteiger partial charge in [0.25, 0.3) is 5.91 Å². The molecule has 0 aliphatic heterocycles. The highest BCUT2D eigenvalue weighted by Gasteiger charge is 2.57. The summed E-state index contributed by atoms with van der Waals surface area (Å²) in [7, 11) is 0. The van der Waals surface area contributed by atoms with E-state index >= 15 is 0 Å². The predicted octanol–water partition coefficient (Wildman–Crippen LogP) is 2.72. The van der Waals surface area contributed by atoms with Crippen molar-refractivity contribution in [1.82, 2.24) is 10.7 Å². The molecule has 0 atom stereocenters. The molecule has 0 unspecified atom stereocenters. The van der Waals surface area contributed by atoms with Crippen molar-refractivity contribution in [1.29, 1.82) is 0 Å². The first-order valence-corrected chi connectivity index (χ1v) is 11.1. The quantitative estimate of drug-likeness (QED) is 0.161. The molecule has 0 spiro atoms. The second-order valence-corrected chi connectivity index (χ2v) is 7.95. The maximum atomic E-state index is 13.5. The van der Waals surface area contributed by atoms with Gasteiger partial charge in [0.2, 0.25) is 5.91 Å². The molecule has 174 valence electrons. The van der Waals surface area contributed by atoms with Gasteiger partial charge in [0, 0.05) is 18.8 Å². The smallest absolute Gasteiger partial charge is 0.276 e. The van der Waals surface area contributed by atoms with Gasteiger partial charge in [-0.3, -0.25) is 24.7 Å². The van der Waals surface area contributed by atoms with Gasteiger partial charge in [-0.15, -0.1) is 0 Å². The van der Waals surface area contributed by atoms with Crippen molar-refractivity contribution in [3.63, 3.8) is 0 Å². The van der Waals surface area contributed by atoms with Gasteiger partial charge in [-0.05, 0) is 64.2 Å². The molecule has 1 aliphatic rings. The van der Waals surface area contributed by atoms with Crippen LogP contribution in [0, 0.1) is 0 Å². The average molecular weight is 443 g/mol. The van der Waals surface area contributed by atoms with Gasteiger partial charge in [0.15, 0.2) is 6.29 Å². The lowest BCUT2D eigenvalue weighted by Gasteiger charge is -2.32. The third-order valence-electron chi connectivity index (χ3n) is 5.25. The van der Waals surface area contributed by atoms with Crippen LogP contribution in [0.5, 0.6) is 0 Å². The Morgan fingerprint density at radius 2 is 2.06 bits per heavy atom. The average Bonchev–Trinajstić information content (AvgIpc) is 3.58. The number of hydrogen-bond donors (Lipinski definition) is 2. The Bertz CT molecular complexity index is 859. The van der Waals surface area contributed by atoms with Crippen molar-refractivity contribution in [3.8, 4) is 0 Å². The van der Waals surface area contributed by atoms with Crippen LogP contribution in [-0.2, 0) is 25.5 Å². The first-order valence-electron chi connectivity index (χ1n) is 11.1. The van der Waals surface area contributed by atoms with Crippen molar-refractivity contribution in [2.45, 2.75) is 65.0 Å². The molecule has 1 aromatic rings. The summed E-state index contributed by atoms with van der Waals surface area (Å²) in [5.74, 6) is -0.552. The lowest BCUT2D eigenvalue weighted by Crippen LogP contribution is -2.53. The van der Waals surface area contributed by atoms with Crippen LogP contribution >= 0.6 is 0 Å². The molecular formula is C24H34N4O4. The summed E-state index contributed by atoms with van der Waals surface area (Å²) in [6.45, 7) is 8.72. The summed E-state index contributed by atoms with van der Waals surface area (Å²) in [4.78, 5) is 38.9. The largest absolute Gasteiger partial charge is 0.379 e. The molecule has 2 amide bonds. The normalized spacial score (nSPS) is 15.0. The molecule has 0 radical (unpaired) electrons. The van der Waals surface area contributed by atoms with Gasteiger partial charge in [-0.2, -0.15) is 5.10 Å². The summed E-state index contributed by atoms with van der Waals surface area (Å²) in [6.07, 6.45) is 5.91. The second-order valence-electron chi connectivity index (χ2n) is 7.95. The van der Waals surface area contributed by atoms with Crippen molar-refractivity contribution >= 4 is 30.0 Å². The number of allylic oxidation sites excluding steroid dienone is 1. The maximum absolute atomic E-state index is 13.5. The molecule has 8 heteroatoms. The van der Waals surface area contributed by atoms with Crippen LogP contribution in [0.2, 0.25) is 0 Å². The first-order chi connectivity index (χ1) is 15.4. The van der Waals surface area contributed by atoms with Crippen molar-refractivity contribution in [2.24, 2.45) is 5.10 Å². The highest BCUT2D eigenvalue weighted by atomic mass is 16.5. The molecule has 1 saturated carbocycles. The zero-order chi connectivity index (χ0) is 23.6. The molecule has 8 nitrogen and oxygen atoms in total. The minimum atomic E-state index is -0.952. The number of hydrogen-bond acceptors (Lipinski definition) is 6. The van der Waals surface area contributed by atoms with Gasteiger partial charge < -0.3 is 10.1 Å². The number of hydrazone groups is 1. The number of ether oxygens (including phenoxy) is 1. The fraction of sp³-hybridized carbons (Fsp3) is 0.500. The lowest BCUT2D eigenvalue weighted by molar-refractivity contribution is -0.126. The molecule has 32 heavy (non-hydrogen) atoms. The van der Waals surface area contributed by atoms with E-state index in [1.165, 1.54) is 0 Å². The van der Waals surface area contributed by atoms with Crippen molar-refractivity contribution in [3.05, 3.63) is 41.6 Å². The van der Waals surface area contributed by atoms with Crippen LogP contribution in [0.15, 0.2) is 41.1 Å². The van der Waals surface area contributed by atoms with E-state index in [-0.39, 0.29) is 23.6 Å². The van der Waals surface area contributed by atoms with Crippen LogP contribution in [0.4, 0.5) is 5.69 Å². The van der Waals surface area contributed by atoms with Gasteiger partial charge in [0.1, 0.15) is 11.2 Å². The summed E-state index contributed by atoms with van der Waals surface area (Å²) in [5, 5.41) is 6.72. The number of amides is 2. The van der Waals surface area contributed by atoms with E-state index in [4.69, 9.17) is 4.74 Å². The number of carbonyl (C=O) groups excluding carboxylic acids is 3. The fourth-order valence-electron chi connectivity index (χ4n) is 3.40. The zero-order valence-corrected chi connectivity index (χ0v) is 19.4. The van der Waals surface area contributed by atoms with E-state index < -0.39 is 5.54 Å². The Labute approximate surface area is 190 Å². The van der Waals surface area contributed by atoms with E-state index in [2.05, 4.69) is 15.8 Å². The molecule has 1 aliphatic carbocycles. The van der Waals surface area contributed by atoms with Crippen LogP contribution in [0.25, 0.3) is 0 Å². The topological polar surface area (TPSA) is 100 Å². The number of rotatable bonds is 13. The highest BCUT2D eigenvalue weighted by Crippen LogP contribution is 2.45. The van der Waals surface area contributed by atoms with Gasteiger partial charge in [-0.25, -0.2) is 0 Å². The number of benzene rings is 1. The Morgan fingerprint density at radius 3 is 2.66 bits per heavy atom. The Morgan fingerprint density at radius 1 is 1.31 bits per heavy atom. The van der Waals surface area contributed by atoms with Crippen molar-refractivity contribution < 1.29 is 19.1 Å². The number of aldehydes is 1. The minimum absolute atomic E-state index is 0.146. The first kappa shape index (κ1) is 25.3. The summed E-state index contributed by atoms with van der Waals surface area (Å²) in [6, 6.07) is 7.65. The molecule has 0 saturated heterocycles. The summed E-state index contributed by atoms with van der Waals surface area (Å²) in [5.41, 5.74) is 3.58. The maximum Gasteiger partial charge on any atom is 0.276 e. The Hall–Kier alpha value is -3.00. The van der Waals surface area contributed by atoms with Crippen LogP contribution < -0.4 is 15.6 Å². The second kappa shape index (κ2) is 12.1. The predicted molar refractivity (Wildman–Crippen MR) is 125 cm³/mol. The molecule has 0 heterocycles. The molecule has 2 N–H and O–H groups in total. The summed E-state index contributed by atoms with van der Waals surface area (Å²) < 4.78 is 5.53. The number of nitrogens with one attached hydrogen (secondary N) is 2. The van der Waals surface area contributed by atoms with Gasteiger partial charge in [0.05, 0.1) is 12.3 Å². The van der Waals surface area contributed by atoms with Gasteiger partial charge >= 0.3 is 0 Å². The lowest BCUT2D eigenvalue weighted by atomic mass is 10.1. The molecule has 2 rings (SSSR count). The minimum Gasteiger partial charge on any atom is -0.379 e. The zero-order valence-electron chi connectivity index (χ0n) is 19.4.